The number of rotatable bonds is 5. The fraction of sp³-hybridized carbons (Fsp3) is 0.923. The molecule has 2 aliphatic rings. The number of nitrogens with one attached hydrogen (secondary N) is 2. The summed E-state index contributed by atoms with van der Waals surface area (Å²) in [7, 11) is 2.17. The van der Waals surface area contributed by atoms with E-state index in [1.165, 1.54) is 19.5 Å². The molecule has 1 unspecified atom stereocenters. The van der Waals surface area contributed by atoms with Crippen molar-refractivity contribution in [2.24, 2.45) is 5.92 Å². The Hall–Kier alpha value is -0.650. The molecule has 5 heteroatoms. The lowest BCUT2D eigenvalue weighted by molar-refractivity contribution is -0.122. The summed E-state index contributed by atoms with van der Waals surface area (Å²) in [5.41, 5.74) is 0. The number of carbonyl (C=O) groups is 1. The molecule has 2 aliphatic heterocycles. The van der Waals surface area contributed by atoms with Crippen molar-refractivity contribution < 1.29 is 4.79 Å². The van der Waals surface area contributed by atoms with Crippen LogP contribution in [0.5, 0.6) is 0 Å². The Balaban J connectivity index is 1.54. The van der Waals surface area contributed by atoms with Gasteiger partial charge in [-0.25, -0.2) is 0 Å². The van der Waals surface area contributed by atoms with E-state index in [-0.39, 0.29) is 5.91 Å². The molecule has 2 saturated heterocycles. The highest BCUT2D eigenvalue weighted by Crippen LogP contribution is 2.16. The van der Waals surface area contributed by atoms with Crippen molar-refractivity contribution in [1.29, 1.82) is 0 Å². The molecule has 2 heterocycles. The zero-order chi connectivity index (χ0) is 12.8. The summed E-state index contributed by atoms with van der Waals surface area (Å²) in [6.07, 6.45) is 2.40. The van der Waals surface area contributed by atoms with Gasteiger partial charge in [0.2, 0.25) is 5.91 Å². The van der Waals surface area contributed by atoms with Gasteiger partial charge in [-0.3, -0.25) is 9.69 Å². The van der Waals surface area contributed by atoms with Crippen molar-refractivity contribution in [2.75, 3.05) is 59.4 Å². The molecule has 0 aromatic heterocycles. The van der Waals surface area contributed by atoms with Gasteiger partial charge in [0.15, 0.2) is 0 Å². The molecule has 0 aliphatic carbocycles. The van der Waals surface area contributed by atoms with Crippen molar-refractivity contribution in [3.8, 4) is 0 Å². The first kappa shape index (κ1) is 13.8. The van der Waals surface area contributed by atoms with Crippen molar-refractivity contribution in [3.05, 3.63) is 0 Å². The van der Waals surface area contributed by atoms with E-state index in [0.717, 1.165) is 45.1 Å². The lowest BCUT2D eigenvalue weighted by Crippen LogP contribution is -2.47. The van der Waals surface area contributed by atoms with Gasteiger partial charge >= 0.3 is 0 Å². The first-order valence-corrected chi connectivity index (χ1v) is 7.12. The lowest BCUT2D eigenvalue weighted by atomic mass is 10.1. The molecule has 0 spiro atoms. The van der Waals surface area contributed by atoms with Crippen LogP contribution < -0.4 is 10.6 Å². The molecule has 2 rings (SSSR count). The van der Waals surface area contributed by atoms with Crippen molar-refractivity contribution in [1.82, 2.24) is 20.4 Å². The number of carbonyl (C=O) groups excluding carboxylic acids is 1. The standard InChI is InChI=1S/C13H26N4O/c1-16-7-3-12(10-16)2-4-15-13(18)11-17-8-5-14-6-9-17/h12,14H,2-11H2,1H3,(H,15,18). The molecule has 5 nitrogen and oxygen atoms in total. The largest absolute Gasteiger partial charge is 0.355 e. The molecule has 1 amide bonds. The van der Waals surface area contributed by atoms with Crippen LogP contribution in [0.25, 0.3) is 0 Å². The second-order valence-electron chi connectivity index (χ2n) is 5.58. The second kappa shape index (κ2) is 7.07. The van der Waals surface area contributed by atoms with Crippen LogP contribution in [0.3, 0.4) is 0 Å². The maximum atomic E-state index is 11.8. The zero-order valence-electron chi connectivity index (χ0n) is 11.5. The van der Waals surface area contributed by atoms with Crippen LogP contribution in [0, 0.1) is 5.92 Å². The highest BCUT2D eigenvalue weighted by atomic mass is 16.2. The molecule has 0 radical (unpaired) electrons. The predicted molar refractivity (Wildman–Crippen MR) is 72.5 cm³/mol. The Morgan fingerprint density at radius 2 is 2.11 bits per heavy atom. The van der Waals surface area contributed by atoms with Gasteiger partial charge in [-0.05, 0) is 32.4 Å². The Morgan fingerprint density at radius 3 is 2.78 bits per heavy atom. The first-order chi connectivity index (χ1) is 8.74. The summed E-state index contributed by atoms with van der Waals surface area (Å²) >= 11 is 0. The smallest absolute Gasteiger partial charge is 0.234 e. The Morgan fingerprint density at radius 1 is 1.33 bits per heavy atom. The van der Waals surface area contributed by atoms with E-state index in [1.807, 2.05) is 0 Å². The topological polar surface area (TPSA) is 47.6 Å². The van der Waals surface area contributed by atoms with Crippen LogP contribution in [0.2, 0.25) is 0 Å². The SMILES string of the molecule is CN1CCC(CCNC(=O)CN2CCNCC2)C1. The van der Waals surface area contributed by atoms with Crippen molar-refractivity contribution in [3.63, 3.8) is 0 Å². The third-order valence-electron chi connectivity index (χ3n) is 3.94. The Labute approximate surface area is 110 Å². The molecule has 18 heavy (non-hydrogen) atoms. The molecule has 0 aromatic rings. The van der Waals surface area contributed by atoms with E-state index in [0.29, 0.717) is 6.54 Å². The average Bonchev–Trinajstić information content (AvgIpc) is 2.76. The molecular formula is C13H26N4O. The summed E-state index contributed by atoms with van der Waals surface area (Å²) < 4.78 is 0. The molecule has 2 fully saturated rings. The van der Waals surface area contributed by atoms with Crippen LogP contribution in [-0.4, -0.2) is 75.1 Å². The minimum Gasteiger partial charge on any atom is -0.355 e. The Kier molecular flexibility index (Phi) is 5.41. The van der Waals surface area contributed by atoms with Crippen LogP contribution in [0.4, 0.5) is 0 Å². The molecule has 0 saturated carbocycles. The maximum absolute atomic E-state index is 11.8. The monoisotopic (exact) mass is 254 g/mol. The van der Waals surface area contributed by atoms with Crippen molar-refractivity contribution >= 4 is 5.91 Å². The summed E-state index contributed by atoms with van der Waals surface area (Å²) in [6, 6.07) is 0. The normalized spacial score (nSPS) is 26.4. The summed E-state index contributed by atoms with van der Waals surface area (Å²) in [5.74, 6) is 0.956. The highest BCUT2D eigenvalue weighted by molar-refractivity contribution is 5.77. The van der Waals surface area contributed by atoms with Gasteiger partial charge in [-0.15, -0.1) is 0 Å². The highest BCUT2D eigenvalue weighted by Gasteiger charge is 2.19. The molecule has 2 N–H and O–H groups in total. The minimum absolute atomic E-state index is 0.184. The fourth-order valence-corrected chi connectivity index (χ4v) is 2.81. The van der Waals surface area contributed by atoms with E-state index in [4.69, 9.17) is 0 Å². The van der Waals surface area contributed by atoms with Crippen LogP contribution in [0.15, 0.2) is 0 Å². The molecule has 104 valence electrons. The van der Waals surface area contributed by atoms with E-state index in [2.05, 4.69) is 27.5 Å². The predicted octanol–water partition coefficient (Wildman–Crippen LogP) is -0.650. The van der Waals surface area contributed by atoms with Gasteiger partial charge in [0.1, 0.15) is 0 Å². The number of amides is 1. The number of hydrogen-bond acceptors (Lipinski definition) is 4. The third-order valence-corrected chi connectivity index (χ3v) is 3.94. The lowest BCUT2D eigenvalue weighted by Gasteiger charge is -2.26. The van der Waals surface area contributed by atoms with Gasteiger partial charge in [0, 0.05) is 39.3 Å². The quantitative estimate of drug-likeness (QED) is 0.684. The second-order valence-corrected chi connectivity index (χ2v) is 5.58. The first-order valence-electron chi connectivity index (χ1n) is 7.12. The van der Waals surface area contributed by atoms with Gasteiger partial charge in [0.05, 0.1) is 6.54 Å². The van der Waals surface area contributed by atoms with Crippen molar-refractivity contribution in [2.45, 2.75) is 12.8 Å². The zero-order valence-corrected chi connectivity index (χ0v) is 11.5. The van der Waals surface area contributed by atoms with E-state index >= 15 is 0 Å². The van der Waals surface area contributed by atoms with Gasteiger partial charge in [0.25, 0.3) is 0 Å². The van der Waals surface area contributed by atoms with Gasteiger partial charge < -0.3 is 15.5 Å². The molecule has 1 atom stereocenters. The summed E-state index contributed by atoms with van der Waals surface area (Å²) in [5, 5.41) is 6.35. The Bertz CT molecular complexity index is 266. The number of piperazine rings is 1. The number of hydrogen-bond donors (Lipinski definition) is 2. The molecule has 0 bridgehead atoms. The molecule has 0 aromatic carbocycles. The average molecular weight is 254 g/mol. The van der Waals surface area contributed by atoms with Crippen LogP contribution in [-0.2, 0) is 4.79 Å². The summed E-state index contributed by atoms with van der Waals surface area (Å²) in [6.45, 7) is 7.77. The van der Waals surface area contributed by atoms with Gasteiger partial charge in [-0.1, -0.05) is 0 Å². The minimum atomic E-state index is 0.184. The summed E-state index contributed by atoms with van der Waals surface area (Å²) in [4.78, 5) is 16.4. The van der Waals surface area contributed by atoms with Crippen LogP contribution in [0.1, 0.15) is 12.8 Å². The number of nitrogens with zero attached hydrogens (tertiary/aromatic N) is 2. The maximum Gasteiger partial charge on any atom is 0.234 e. The van der Waals surface area contributed by atoms with Crippen LogP contribution >= 0.6 is 0 Å². The third kappa shape index (κ3) is 4.55. The van der Waals surface area contributed by atoms with E-state index in [9.17, 15) is 4.79 Å². The molecular weight excluding hydrogens is 228 g/mol. The van der Waals surface area contributed by atoms with E-state index < -0.39 is 0 Å². The number of likely N-dealkylation sites (tertiary alicyclic amines) is 1. The van der Waals surface area contributed by atoms with Gasteiger partial charge in [-0.2, -0.15) is 0 Å². The fourth-order valence-electron chi connectivity index (χ4n) is 2.81. The van der Waals surface area contributed by atoms with E-state index in [1.54, 1.807) is 0 Å².